The van der Waals surface area contributed by atoms with E-state index < -0.39 is 0 Å². The first kappa shape index (κ1) is 13.9. The molecule has 3 fully saturated rings. The maximum Gasteiger partial charge on any atom is 0.105 e. The Morgan fingerprint density at radius 2 is 1.79 bits per heavy atom. The molecular formula is C17H30O2. The van der Waals surface area contributed by atoms with Crippen molar-refractivity contribution in [3.63, 3.8) is 0 Å². The largest absolute Gasteiger partial charge is 0.375 e. The normalized spacial score (nSPS) is 51.9. The van der Waals surface area contributed by atoms with Gasteiger partial charge in [0, 0.05) is 13.0 Å². The van der Waals surface area contributed by atoms with Crippen LogP contribution in [-0.4, -0.2) is 23.9 Å². The molecule has 0 N–H and O–H groups in total. The highest BCUT2D eigenvalue weighted by atomic mass is 16.6. The lowest BCUT2D eigenvalue weighted by atomic mass is 9.54. The van der Waals surface area contributed by atoms with Gasteiger partial charge >= 0.3 is 0 Å². The number of epoxide rings is 1. The molecule has 19 heavy (non-hydrogen) atoms. The lowest BCUT2D eigenvalue weighted by Crippen LogP contribution is -2.51. The molecule has 110 valence electrons. The summed E-state index contributed by atoms with van der Waals surface area (Å²) in [6.07, 6.45) is 7.94. The fraction of sp³-hybridized carbons (Fsp3) is 1.00. The van der Waals surface area contributed by atoms with Gasteiger partial charge in [0.05, 0.1) is 11.7 Å². The Kier molecular flexibility index (Phi) is 2.91. The van der Waals surface area contributed by atoms with E-state index in [9.17, 15) is 0 Å². The number of rotatable bonds is 2. The summed E-state index contributed by atoms with van der Waals surface area (Å²) in [5.41, 5.74) is 0.836. The molecule has 2 saturated carbocycles. The van der Waals surface area contributed by atoms with Crippen molar-refractivity contribution in [3.8, 4) is 0 Å². The first-order chi connectivity index (χ1) is 8.79. The van der Waals surface area contributed by atoms with Gasteiger partial charge in [-0.15, -0.1) is 0 Å². The van der Waals surface area contributed by atoms with Gasteiger partial charge in [-0.25, -0.2) is 0 Å². The molecule has 0 unspecified atom stereocenters. The zero-order valence-electron chi connectivity index (χ0n) is 13.3. The quantitative estimate of drug-likeness (QED) is 0.694. The van der Waals surface area contributed by atoms with E-state index in [1.54, 1.807) is 0 Å². The standard InChI is InChI=1S/C17H30O2/c1-6-18-16(5)11-10-15(4)9-7-8-14(2,3)17(15)13(12-16)19-17/h13H,6-12H2,1-5H3/t13-,15+,16+,17+/m1/s1. The summed E-state index contributed by atoms with van der Waals surface area (Å²) in [5.74, 6) is 0. The molecule has 2 aliphatic carbocycles. The van der Waals surface area contributed by atoms with Crippen LogP contribution in [0.4, 0.5) is 0 Å². The minimum atomic E-state index is 0.0271. The van der Waals surface area contributed by atoms with Crippen LogP contribution in [0.15, 0.2) is 0 Å². The predicted molar refractivity (Wildman–Crippen MR) is 77.2 cm³/mol. The molecule has 0 aromatic carbocycles. The summed E-state index contributed by atoms with van der Waals surface area (Å²) in [4.78, 5) is 0. The Labute approximate surface area is 118 Å². The average Bonchev–Trinajstić information content (AvgIpc) is 3.01. The summed E-state index contributed by atoms with van der Waals surface area (Å²) in [5, 5.41) is 0. The molecule has 3 aliphatic rings. The van der Waals surface area contributed by atoms with E-state index in [4.69, 9.17) is 9.47 Å². The first-order valence-corrected chi connectivity index (χ1v) is 8.10. The van der Waals surface area contributed by atoms with Crippen LogP contribution in [-0.2, 0) is 9.47 Å². The molecular weight excluding hydrogens is 236 g/mol. The molecule has 2 nitrogen and oxygen atoms in total. The minimum Gasteiger partial charge on any atom is -0.375 e. The Morgan fingerprint density at radius 3 is 2.47 bits per heavy atom. The van der Waals surface area contributed by atoms with Crippen LogP contribution < -0.4 is 0 Å². The van der Waals surface area contributed by atoms with Gasteiger partial charge in [0.2, 0.25) is 0 Å². The van der Waals surface area contributed by atoms with E-state index in [-0.39, 0.29) is 11.2 Å². The lowest BCUT2D eigenvalue weighted by molar-refractivity contribution is -0.0693. The molecule has 1 heterocycles. The fourth-order valence-electron chi connectivity index (χ4n) is 5.44. The van der Waals surface area contributed by atoms with Crippen LogP contribution >= 0.6 is 0 Å². The van der Waals surface area contributed by atoms with E-state index in [2.05, 4.69) is 34.6 Å². The summed E-state index contributed by atoms with van der Waals surface area (Å²) in [7, 11) is 0. The van der Waals surface area contributed by atoms with Crippen LogP contribution in [0.2, 0.25) is 0 Å². The fourth-order valence-corrected chi connectivity index (χ4v) is 5.44. The molecule has 0 aromatic rings. The molecule has 2 heteroatoms. The van der Waals surface area contributed by atoms with E-state index in [0.717, 1.165) is 13.0 Å². The third-order valence-electron chi connectivity index (χ3n) is 6.47. The smallest absolute Gasteiger partial charge is 0.105 e. The van der Waals surface area contributed by atoms with E-state index in [0.29, 0.717) is 16.9 Å². The molecule has 0 aromatic heterocycles. The van der Waals surface area contributed by atoms with Gasteiger partial charge in [0.15, 0.2) is 0 Å². The van der Waals surface area contributed by atoms with Crippen LogP contribution in [0.1, 0.15) is 73.1 Å². The highest BCUT2D eigenvalue weighted by molar-refractivity contribution is 5.23. The highest BCUT2D eigenvalue weighted by Gasteiger charge is 2.75. The second-order valence-electron chi connectivity index (χ2n) is 8.23. The van der Waals surface area contributed by atoms with E-state index in [1.807, 2.05) is 0 Å². The summed E-state index contributed by atoms with van der Waals surface area (Å²) in [6.45, 7) is 12.5. The second-order valence-corrected chi connectivity index (χ2v) is 8.23. The van der Waals surface area contributed by atoms with Crippen molar-refractivity contribution in [1.82, 2.24) is 0 Å². The van der Waals surface area contributed by atoms with E-state index >= 15 is 0 Å². The van der Waals surface area contributed by atoms with E-state index in [1.165, 1.54) is 32.1 Å². The van der Waals surface area contributed by atoms with Crippen molar-refractivity contribution in [3.05, 3.63) is 0 Å². The van der Waals surface area contributed by atoms with Gasteiger partial charge in [0.25, 0.3) is 0 Å². The van der Waals surface area contributed by atoms with Crippen LogP contribution in [0, 0.1) is 10.8 Å². The Morgan fingerprint density at radius 1 is 1.05 bits per heavy atom. The number of hydrogen-bond acceptors (Lipinski definition) is 2. The maximum absolute atomic E-state index is 6.43. The van der Waals surface area contributed by atoms with Gasteiger partial charge < -0.3 is 9.47 Å². The third-order valence-corrected chi connectivity index (χ3v) is 6.47. The molecule has 1 saturated heterocycles. The Balaban J connectivity index is 1.93. The number of ether oxygens (including phenoxy) is 2. The van der Waals surface area contributed by atoms with Gasteiger partial charge in [-0.3, -0.25) is 0 Å². The van der Waals surface area contributed by atoms with Gasteiger partial charge in [0.1, 0.15) is 5.60 Å². The lowest BCUT2D eigenvalue weighted by Gasteiger charge is -2.49. The topological polar surface area (TPSA) is 21.8 Å². The maximum atomic E-state index is 6.43. The molecule has 1 spiro atoms. The molecule has 0 bridgehead atoms. The molecule has 3 rings (SSSR count). The van der Waals surface area contributed by atoms with Gasteiger partial charge in [-0.2, -0.15) is 0 Å². The SMILES string of the molecule is CCO[C@@]1(C)CC[C@]2(C)CCCC(C)(C)[C@]23O[C@@H]3C1. The zero-order valence-corrected chi connectivity index (χ0v) is 13.3. The van der Waals surface area contributed by atoms with Gasteiger partial charge in [-0.1, -0.05) is 27.2 Å². The molecule has 0 radical (unpaired) electrons. The average molecular weight is 266 g/mol. The summed E-state index contributed by atoms with van der Waals surface area (Å²) in [6, 6.07) is 0. The van der Waals surface area contributed by atoms with Crippen molar-refractivity contribution >= 4 is 0 Å². The number of hydrogen-bond donors (Lipinski definition) is 0. The molecule has 0 amide bonds. The Hall–Kier alpha value is -0.0800. The zero-order chi connectivity index (χ0) is 13.9. The first-order valence-electron chi connectivity index (χ1n) is 8.10. The van der Waals surface area contributed by atoms with Crippen LogP contribution in [0.5, 0.6) is 0 Å². The predicted octanol–water partition coefficient (Wildman–Crippen LogP) is 4.32. The van der Waals surface area contributed by atoms with Crippen molar-refractivity contribution in [2.24, 2.45) is 10.8 Å². The van der Waals surface area contributed by atoms with Crippen molar-refractivity contribution < 1.29 is 9.47 Å². The van der Waals surface area contributed by atoms with Crippen molar-refractivity contribution in [2.75, 3.05) is 6.61 Å². The van der Waals surface area contributed by atoms with Crippen molar-refractivity contribution in [2.45, 2.75) is 90.4 Å². The molecule has 4 atom stereocenters. The third kappa shape index (κ3) is 1.75. The monoisotopic (exact) mass is 266 g/mol. The summed E-state index contributed by atoms with van der Waals surface area (Å²) < 4.78 is 12.5. The minimum absolute atomic E-state index is 0.0271. The van der Waals surface area contributed by atoms with Crippen LogP contribution in [0.25, 0.3) is 0 Å². The highest BCUT2D eigenvalue weighted by Crippen LogP contribution is 2.70. The Bertz CT molecular complexity index is 377. The van der Waals surface area contributed by atoms with Crippen molar-refractivity contribution in [1.29, 1.82) is 0 Å². The molecule has 1 aliphatic heterocycles. The summed E-state index contributed by atoms with van der Waals surface area (Å²) >= 11 is 0. The van der Waals surface area contributed by atoms with Gasteiger partial charge in [-0.05, 0) is 50.4 Å². The second kappa shape index (κ2) is 3.98. The van der Waals surface area contributed by atoms with Crippen LogP contribution in [0.3, 0.4) is 0 Å².